The highest BCUT2D eigenvalue weighted by Gasteiger charge is 2.23. The maximum absolute atomic E-state index is 2.49. The maximum Gasteiger partial charge on any atom is 0.0542 e. The van der Waals surface area contributed by atoms with Crippen molar-refractivity contribution in [3.8, 4) is 28.2 Å². The lowest BCUT2D eigenvalue weighted by molar-refractivity contribution is 0.590. The molecule has 0 saturated heterocycles. The summed E-state index contributed by atoms with van der Waals surface area (Å²) in [5.74, 6) is 0. The van der Waals surface area contributed by atoms with Crippen molar-refractivity contribution in [2.45, 2.75) is 52.4 Å². The second-order valence-electron chi connectivity index (χ2n) is 18.3. The Balaban J connectivity index is 1.10. The fraction of sp³-hybridized carbons (Fsp3) is 0.143. The summed E-state index contributed by atoms with van der Waals surface area (Å²) in [5, 5.41) is 7.62. The van der Waals surface area contributed by atoms with Crippen molar-refractivity contribution in [3.63, 3.8) is 0 Å². The van der Waals surface area contributed by atoms with Crippen molar-refractivity contribution in [1.82, 2.24) is 13.7 Å². The molecule has 0 unspecified atom stereocenters. The van der Waals surface area contributed by atoms with Gasteiger partial charge in [-0.05, 0) is 106 Å². The lowest BCUT2D eigenvalue weighted by Gasteiger charge is -2.19. The van der Waals surface area contributed by atoms with Crippen LogP contribution in [0.15, 0.2) is 176 Å². The van der Waals surface area contributed by atoms with Gasteiger partial charge in [-0.25, -0.2) is 0 Å². The summed E-state index contributed by atoms with van der Waals surface area (Å²) in [7, 11) is 0. The van der Waals surface area contributed by atoms with E-state index in [1.165, 1.54) is 93.4 Å². The van der Waals surface area contributed by atoms with Gasteiger partial charge in [-0.1, -0.05) is 139 Å². The van der Waals surface area contributed by atoms with E-state index in [4.69, 9.17) is 0 Å². The highest BCUT2D eigenvalue weighted by atomic mass is 15.0. The van der Waals surface area contributed by atoms with Crippen LogP contribution in [-0.4, -0.2) is 13.7 Å². The molecule has 59 heavy (non-hydrogen) atoms. The fourth-order valence-electron chi connectivity index (χ4n) is 9.52. The molecule has 3 nitrogen and oxygen atoms in total. The average Bonchev–Trinajstić information content (AvgIpc) is 3.88. The normalized spacial score (nSPS) is 12.6. The number of hydrogen-bond acceptors (Lipinski definition) is 0. The molecular formula is C56H47N3. The van der Waals surface area contributed by atoms with E-state index in [1.807, 2.05) is 0 Å². The Bertz CT molecular complexity index is 3340. The van der Waals surface area contributed by atoms with Gasteiger partial charge in [0.15, 0.2) is 0 Å². The third kappa shape index (κ3) is 5.48. The smallest absolute Gasteiger partial charge is 0.0542 e. The molecule has 11 aromatic rings. The molecule has 286 valence electrons. The number of para-hydroxylation sites is 4. The fourth-order valence-corrected chi connectivity index (χ4v) is 9.52. The summed E-state index contributed by atoms with van der Waals surface area (Å²) in [5.41, 5.74) is 15.9. The summed E-state index contributed by atoms with van der Waals surface area (Å²) >= 11 is 0. The van der Waals surface area contributed by atoms with E-state index in [9.17, 15) is 0 Å². The van der Waals surface area contributed by atoms with Gasteiger partial charge in [-0.15, -0.1) is 0 Å². The predicted octanol–water partition coefficient (Wildman–Crippen LogP) is 15.2. The molecule has 0 spiro atoms. The molecule has 11 rings (SSSR count). The van der Waals surface area contributed by atoms with Gasteiger partial charge in [0, 0.05) is 49.3 Å². The van der Waals surface area contributed by atoms with Crippen LogP contribution in [0, 0.1) is 0 Å². The standard InChI is InChI=1S/C56H47N3/c1-55(2,3)37-26-29-53-45(33-37)46-34-38(56(4,5)6)27-30-54(46)59(53)48-22-11-7-18-41(48)36-16-15-17-39(32-36)57-51-25-14-10-21-44(51)47-35-40(28-31-52(47)57)58-49-23-12-8-19-42(49)43-20-9-13-24-50(43)58/h7-35H,1-6H3. The first-order valence-corrected chi connectivity index (χ1v) is 20.9. The Hall–Kier alpha value is -6.84. The minimum absolute atomic E-state index is 0.0437. The monoisotopic (exact) mass is 761 g/mol. The number of aromatic nitrogens is 3. The molecular weight excluding hydrogens is 715 g/mol. The Kier molecular flexibility index (Phi) is 7.68. The second kappa shape index (κ2) is 12.8. The minimum atomic E-state index is 0.0437. The molecule has 3 aromatic heterocycles. The summed E-state index contributed by atoms with van der Waals surface area (Å²) in [6.45, 7) is 13.8. The Morgan fingerprint density at radius 3 is 1.29 bits per heavy atom. The second-order valence-corrected chi connectivity index (χ2v) is 18.3. The third-order valence-corrected chi connectivity index (χ3v) is 12.6. The van der Waals surface area contributed by atoms with Gasteiger partial charge in [0.05, 0.1) is 38.8 Å². The minimum Gasteiger partial charge on any atom is -0.309 e. The number of rotatable bonds is 4. The Labute approximate surface area is 345 Å². The van der Waals surface area contributed by atoms with Gasteiger partial charge in [0.2, 0.25) is 0 Å². The molecule has 0 saturated carbocycles. The zero-order valence-corrected chi connectivity index (χ0v) is 34.6. The molecule has 8 aromatic carbocycles. The quantitative estimate of drug-likeness (QED) is 0.170. The number of fused-ring (bicyclic) bond motifs is 9. The lowest BCUT2D eigenvalue weighted by atomic mass is 9.85. The van der Waals surface area contributed by atoms with Crippen LogP contribution in [0.5, 0.6) is 0 Å². The number of nitrogens with zero attached hydrogens (tertiary/aromatic N) is 3. The van der Waals surface area contributed by atoms with Crippen LogP contribution in [0.2, 0.25) is 0 Å². The molecule has 0 aliphatic rings. The zero-order valence-electron chi connectivity index (χ0n) is 34.6. The highest BCUT2D eigenvalue weighted by molar-refractivity contribution is 6.13. The summed E-state index contributed by atoms with van der Waals surface area (Å²) in [6.07, 6.45) is 0. The Morgan fingerprint density at radius 2 is 0.729 bits per heavy atom. The van der Waals surface area contributed by atoms with E-state index in [0.717, 1.165) is 11.4 Å². The van der Waals surface area contributed by atoms with Crippen molar-refractivity contribution < 1.29 is 0 Å². The van der Waals surface area contributed by atoms with E-state index in [1.54, 1.807) is 0 Å². The zero-order chi connectivity index (χ0) is 40.2. The molecule has 3 heterocycles. The molecule has 0 atom stereocenters. The topological polar surface area (TPSA) is 14.8 Å². The van der Waals surface area contributed by atoms with Crippen LogP contribution in [0.25, 0.3) is 93.6 Å². The first kappa shape index (κ1) is 35.3. The van der Waals surface area contributed by atoms with E-state index in [-0.39, 0.29) is 10.8 Å². The van der Waals surface area contributed by atoms with Gasteiger partial charge in [-0.2, -0.15) is 0 Å². The van der Waals surface area contributed by atoms with Crippen LogP contribution in [0.4, 0.5) is 0 Å². The number of benzene rings is 8. The SMILES string of the molecule is CC(C)(C)c1ccc2c(c1)c1cc(C(C)(C)C)ccc1n2-c1ccccc1-c1cccc(-n2c3ccccc3c3cc(-n4c5ccccc5c5ccccc54)ccc32)c1. The van der Waals surface area contributed by atoms with Crippen molar-refractivity contribution in [1.29, 1.82) is 0 Å². The van der Waals surface area contributed by atoms with Crippen LogP contribution < -0.4 is 0 Å². The van der Waals surface area contributed by atoms with E-state index < -0.39 is 0 Å². The summed E-state index contributed by atoms with van der Waals surface area (Å²) in [4.78, 5) is 0. The molecule has 0 aliphatic carbocycles. The van der Waals surface area contributed by atoms with Crippen LogP contribution in [-0.2, 0) is 10.8 Å². The van der Waals surface area contributed by atoms with Crippen molar-refractivity contribution in [2.75, 3.05) is 0 Å². The van der Waals surface area contributed by atoms with Crippen LogP contribution >= 0.6 is 0 Å². The van der Waals surface area contributed by atoms with E-state index in [0.29, 0.717) is 0 Å². The first-order valence-electron chi connectivity index (χ1n) is 20.9. The molecule has 0 radical (unpaired) electrons. The van der Waals surface area contributed by atoms with Crippen molar-refractivity contribution >= 4 is 65.4 Å². The van der Waals surface area contributed by atoms with Crippen LogP contribution in [0.3, 0.4) is 0 Å². The van der Waals surface area contributed by atoms with E-state index in [2.05, 4.69) is 231 Å². The average molecular weight is 762 g/mol. The molecule has 3 heteroatoms. The predicted molar refractivity (Wildman–Crippen MR) is 252 cm³/mol. The largest absolute Gasteiger partial charge is 0.309 e. The van der Waals surface area contributed by atoms with Crippen LogP contribution in [0.1, 0.15) is 52.7 Å². The highest BCUT2D eigenvalue weighted by Crippen LogP contribution is 2.41. The van der Waals surface area contributed by atoms with E-state index >= 15 is 0 Å². The number of hydrogen-bond donors (Lipinski definition) is 0. The van der Waals surface area contributed by atoms with Gasteiger partial charge in [0.25, 0.3) is 0 Å². The van der Waals surface area contributed by atoms with Gasteiger partial charge in [0.1, 0.15) is 0 Å². The van der Waals surface area contributed by atoms with Gasteiger partial charge < -0.3 is 13.7 Å². The summed E-state index contributed by atoms with van der Waals surface area (Å²) < 4.78 is 7.34. The van der Waals surface area contributed by atoms with Crippen molar-refractivity contribution in [3.05, 3.63) is 187 Å². The maximum atomic E-state index is 2.49. The molecule has 0 N–H and O–H groups in total. The molecule has 0 fully saturated rings. The van der Waals surface area contributed by atoms with Crippen molar-refractivity contribution in [2.24, 2.45) is 0 Å². The summed E-state index contributed by atoms with van der Waals surface area (Å²) in [6, 6.07) is 65.5. The first-order chi connectivity index (χ1) is 28.5. The van der Waals surface area contributed by atoms with Gasteiger partial charge >= 0.3 is 0 Å². The van der Waals surface area contributed by atoms with Gasteiger partial charge in [-0.3, -0.25) is 0 Å². The molecule has 0 aliphatic heterocycles. The molecule has 0 bridgehead atoms. The Morgan fingerprint density at radius 1 is 0.305 bits per heavy atom. The lowest BCUT2D eigenvalue weighted by Crippen LogP contribution is -2.10. The molecule has 0 amide bonds. The third-order valence-electron chi connectivity index (χ3n) is 12.6.